The number of anilines is 1. The summed E-state index contributed by atoms with van der Waals surface area (Å²) in [5.41, 5.74) is 2.37. The van der Waals surface area contributed by atoms with Gasteiger partial charge in [0, 0.05) is 11.9 Å². The second-order valence-electron chi connectivity index (χ2n) is 6.88. The number of carbonyl (C=O) groups is 2. The first-order chi connectivity index (χ1) is 14.8. The third kappa shape index (κ3) is 5.45. The van der Waals surface area contributed by atoms with E-state index in [9.17, 15) is 9.59 Å². The summed E-state index contributed by atoms with van der Waals surface area (Å²) in [6, 6.07) is 7.77. The highest BCUT2D eigenvalue weighted by Gasteiger charge is 2.22. The van der Waals surface area contributed by atoms with Crippen LogP contribution in [-0.4, -0.2) is 39.5 Å². The quantitative estimate of drug-likeness (QED) is 0.402. The van der Waals surface area contributed by atoms with E-state index in [2.05, 4.69) is 15.5 Å². The topological polar surface area (TPSA) is 95.3 Å². The van der Waals surface area contributed by atoms with E-state index in [4.69, 9.17) is 9.47 Å². The third-order valence-corrected chi connectivity index (χ3v) is 6.82. The molecule has 0 aliphatic rings. The highest BCUT2D eigenvalue weighted by molar-refractivity contribution is 7.99. The summed E-state index contributed by atoms with van der Waals surface area (Å²) in [4.78, 5) is 25.5. The molecular formula is C21H24N4O4S2. The van der Waals surface area contributed by atoms with Crippen LogP contribution in [0.4, 0.5) is 5.00 Å². The molecule has 1 amide bonds. The van der Waals surface area contributed by atoms with Crippen LogP contribution in [0.5, 0.6) is 5.75 Å². The van der Waals surface area contributed by atoms with Crippen molar-refractivity contribution in [3.63, 3.8) is 0 Å². The molecule has 0 saturated heterocycles. The molecule has 0 unspecified atom stereocenters. The fraction of sp³-hybridized carbons (Fsp3) is 0.333. The highest BCUT2D eigenvalue weighted by Crippen LogP contribution is 2.33. The van der Waals surface area contributed by atoms with E-state index in [1.165, 1.54) is 30.2 Å². The van der Waals surface area contributed by atoms with E-state index >= 15 is 0 Å². The summed E-state index contributed by atoms with van der Waals surface area (Å²) in [5, 5.41) is 12.2. The van der Waals surface area contributed by atoms with Gasteiger partial charge in [0.1, 0.15) is 17.4 Å². The number of thiophene rings is 1. The molecule has 1 N–H and O–H groups in total. The van der Waals surface area contributed by atoms with Crippen molar-refractivity contribution >= 4 is 40.0 Å². The molecule has 0 saturated carbocycles. The van der Waals surface area contributed by atoms with Crippen molar-refractivity contribution in [2.75, 3.05) is 18.2 Å². The summed E-state index contributed by atoms with van der Waals surface area (Å²) >= 11 is 2.62. The number of methoxy groups -OCH3 is 1. The number of hydrogen-bond acceptors (Lipinski definition) is 8. The Morgan fingerprint density at radius 1 is 1.16 bits per heavy atom. The van der Waals surface area contributed by atoms with Crippen molar-refractivity contribution in [2.45, 2.75) is 32.5 Å². The molecule has 3 rings (SSSR count). The molecule has 3 aromatic rings. The third-order valence-electron chi connectivity index (χ3n) is 4.67. The predicted octanol–water partition coefficient (Wildman–Crippen LogP) is 3.90. The number of thioether (sulfide) groups is 1. The molecule has 0 spiro atoms. The van der Waals surface area contributed by atoms with Crippen molar-refractivity contribution in [1.29, 1.82) is 0 Å². The van der Waals surface area contributed by atoms with Gasteiger partial charge in [-0.15, -0.1) is 21.5 Å². The Labute approximate surface area is 189 Å². The zero-order valence-electron chi connectivity index (χ0n) is 18.0. The molecule has 10 heteroatoms. The van der Waals surface area contributed by atoms with E-state index in [0.717, 1.165) is 21.8 Å². The smallest absolute Gasteiger partial charge is 0.341 e. The van der Waals surface area contributed by atoms with Gasteiger partial charge >= 0.3 is 5.97 Å². The lowest BCUT2D eigenvalue weighted by atomic mass is 10.1. The first-order valence-electron chi connectivity index (χ1n) is 9.48. The molecule has 0 bridgehead atoms. The number of esters is 1. The second-order valence-corrected chi connectivity index (χ2v) is 9.04. The number of aryl methyl sites for hydroxylation is 2. The minimum atomic E-state index is -0.462. The Balaban J connectivity index is 1.58. The lowest BCUT2D eigenvalue weighted by Crippen LogP contribution is -2.16. The van der Waals surface area contributed by atoms with Gasteiger partial charge in [0.15, 0.2) is 11.0 Å². The Hall–Kier alpha value is -2.85. The van der Waals surface area contributed by atoms with Crippen LogP contribution >= 0.6 is 23.1 Å². The lowest BCUT2D eigenvalue weighted by Gasteiger charge is -2.07. The minimum Gasteiger partial charge on any atom is -0.486 e. The van der Waals surface area contributed by atoms with Gasteiger partial charge in [0.2, 0.25) is 5.91 Å². The Morgan fingerprint density at radius 2 is 1.87 bits per heavy atom. The van der Waals surface area contributed by atoms with E-state index in [-0.39, 0.29) is 18.3 Å². The maximum Gasteiger partial charge on any atom is 0.341 e. The Morgan fingerprint density at radius 3 is 2.55 bits per heavy atom. The monoisotopic (exact) mass is 460 g/mol. The Bertz CT molecular complexity index is 1090. The van der Waals surface area contributed by atoms with Crippen molar-refractivity contribution in [2.24, 2.45) is 7.05 Å². The maximum absolute atomic E-state index is 12.5. The summed E-state index contributed by atoms with van der Waals surface area (Å²) in [6.45, 7) is 6.03. The van der Waals surface area contributed by atoms with E-state index in [0.29, 0.717) is 21.5 Å². The van der Waals surface area contributed by atoms with Crippen LogP contribution in [0.15, 0.2) is 29.4 Å². The van der Waals surface area contributed by atoms with Gasteiger partial charge in [-0.1, -0.05) is 29.5 Å². The van der Waals surface area contributed by atoms with Crippen LogP contribution < -0.4 is 10.1 Å². The normalized spacial score (nSPS) is 10.7. The van der Waals surface area contributed by atoms with Crippen LogP contribution in [0.3, 0.4) is 0 Å². The fourth-order valence-corrected chi connectivity index (χ4v) is 4.53. The highest BCUT2D eigenvalue weighted by atomic mass is 32.2. The number of nitrogens with one attached hydrogen (secondary N) is 1. The van der Waals surface area contributed by atoms with E-state index < -0.39 is 5.97 Å². The SMILES string of the molecule is COC(=O)c1c(NC(=O)CSc2nnc(COc3ccc(C)cc3)n2C)sc(C)c1C. The molecule has 8 nitrogen and oxygen atoms in total. The van der Waals surface area contributed by atoms with E-state index in [1.54, 1.807) is 4.57 Å². The van der Waals surface area contributed by atoms with Gasteiger partial charge in [-0.25, -0.2) is 4.79 Å². The molecule has 0 aliphatic heterocycles. The lowest BCUT2D eigenvalue weighted by molar-refractivity contribution is -0.113. The van der Waals surface area contributed by atoms with Crippen LogP contribution in [0.1, 0.15) is 32.2 Å². The summed E-state index contributed by atoms with van der Waals surface area (Å²) in [7, 11) is 3.15. The number of amides is 1. The molecule has 0 fully saturated rings. The number of aromatic nitrogens is 3. The van der Waals surface area contributed by atoms with Crippen LogP contribution in [0.2, 0.25) is 0 Å². The average molecular weight is 461 g/mol. The standard InChI is InChI=1S/C21H24N4O4S2/c1-12-6-8-15(9-7-12)29-10-16-23-24-21(25(16)4)30-11-17(26)22-19-18(20(27)28-5)13(2)14(3)31-19/h6-9H,10-11H2,1-5H3,(H,22,26). The van der Waals surface area contributed by atoms with Crippen molar-refractivity contribution < 1.29 is 19.1 Å². The minimum absolute atomic E-state index is 0.126. The van der Waals surface area contributed by atoms with Gasteiger partial charge < -0.3 is 19.4 Å². The second kappa shape index (κ2) is 9.97. The predicted molar refractivity (Wildman–Crippen MR) is 121 cm³/mol. The molecule has 2 aromatic heterocycles. The fourth-order valence-electron chi connectivity index (χ4n) is 2.73. The zero-order chi connectivity index (χ0) is 22.5. The first kappa shape index (κ1) is 22.8. The number of hydrogen-bond donors (Lipinski definition) is 1. The summed E-state index contributed by atoms with van der Waals surface area (Å²) in [6.07, 6.45) is 0. The number of ether oxygens (including phenoxy) is 2. The summed E-state index contributed by atoms with van der Waals surface area (Å²) < 4.78 is 12.4. The summed E-state index contributed by atoms with van der Waals surface area (Å²) in [5.74, 6) is 0.834. The number of benzene rings is 1. The maximum atomic E-state index is 12.5. The van der Waals surface area contributed by atoms with Crippen molar-refractivity contribution in [3.05, 3.63) is 51.7 Å². The molecule has 0 radical (unpaired) electrons. The van der Waals surface area contributed by atoms with Gasteiger partial charge in [-0.05, 0) is 38.5 Å². The molecule has 0 atom stereocenters. The van der Waals surface area contributed by atoms with Crippen LogP contribution in [0.25, 0.3) is 0 Å². The molecule has 164 valence electrons. The number of rotatable bonds is 8. The van der Waals surface area contributed by atoms with Gasteiger partial charge in [0.25, 0.3) is 0 Å². The number of nitrogens with zero attached hydrogens (tertiary/aromatic N) is 3. The van der Waals surface area contributed by atoms with Gasteiger partial charge in [-0.2, -0.15) is 0 Å². The number of carbonyl (C=O) groups excluding carboxylic acids is 2. The zero-order valence-corrected chi connectivity index (χ0v) is 19.6. The molecule has 1 aromatic carbocycles. The molecule has 0 aliphatic carbocycles. The van der Waals surface area contributed by atoms with Gasteiger partial charge in [0.05, 0.1) is 18.4 Å². The molecule has 31 heavy (non-hydrogen) atoms. The molecular weight excluding hydrogens is 436 g/mol. The van der Waals surface area contributed by atoms with E-state index in [1.807, 2.05) is 52.1 Å². The van der Waals surface area contributed by atoms with Crippen molar-refractivity contribution in [3.8, 4) is 5.75 Å². The van der Waals surface area contributed by atoms with Crippen molar-refractivity contribution in [1.82, 2.24) is 14.8 Å². The first-order valence-corrected chi connectivity index (χ1v) is 11.3. The molecule has 2 heterocycles. The average Bonchev–Trinajstić information content (AvgIpc) is 3.24. The Kier molecular flexibility index (Phi) is 7.34. The van der Waals surface area contributed by atoms with Gasteiger partial charge in [-0.3, -0.25) is 4.79 Å². The van der Waals surface area contributed by atoms with Crippen LogP contribution in [-0.2, 0) is 23.2 Å². The largest absolute Gasteiger partial charge is 0.486 e. The van der Waals surface area contributed by atoms with Crippen LogP contribution in [0, 0.1) is 20.8 Å².